The van der Waals surface area contributed by atoms with Crippen LogP contribution in [0.1, 0.15) is 11.1 Å². The van der Waals surface area contributed by atoms with Crippen molar-refractivity contribution in [1.29, 1.82) is 0 Å². The van der Waals surface area contributed by atoms with E-state index in [1.807, 2.05) is 55.5 Å². The maximum Gasteiger partial charge on any atom is 0.264 e. The topological polar surface area (TPSA) is 78.8 Å². The Morgan fingerprint density at radius 2 is 1.45 bits per heavy atom. The van der Waals surface area contributed by atoms with Crippen LogP contribution in [-0.2, 0) is 14.8 Å². The van der Waals surface area contributed by atoms with E-state index in [-0.39, 0.29) is 15.6 Å². The molecule has 1 N–H and O–H groups in total. The van der Waals surface area contributed by atoms with Gasteiger partial charge in [-0.1, -0.05) is 90.0 Å². The zero-order chi connectivity index (χ0) is 26.7. The highest BCUT2D eigenvalue weighted by Crippen LogP contribution is 2.30. The number of fused-ring (bicyclic) bond motifs is 2. The van der Waals surface area contributed by atoms with Crippen LogP contribution in [0.2, 0.25) is 5.02 Å². The van der Waals surface area contributed by atoms with Gasteiger partial charge in [-0.15, -0.1) is 0 Å². The predicted octanol–water partition coefficient (Wildman–Crippen LogP) is 6.30. The number of rotatable bonds is 7. The second-order valence-electron chi connectivity index (χ2n) is 8.80. The molecular formula is C30H24ClN3O3S. The fourth-order valence-electron chi connectivity index (χ4n) is 4.31. The lowest BCUT2D eigenvalue weighted by atomic mass is 9.97. The van der Waals surface area contributed by atoms with Gasteiger partial charge in [0.15, 0.2) is 0 Å². The number of nitrogens with zero attached hydrogens (tertiary/aromatic N) is 2. The number of hydrazone groups is 1. The highest BCUT2D eigenvalue weighted by molar-refractivity contribution is 7.92. The number of para-hydroxylation sites is 1. The second-order valence-corrected chi connectivity index (χ2v) is 11.1. The van der Waals surface area contributed by atoms with Crippen molar-refractivity contribution in [2.45, 2.75) is 11.8 Å². The van der Waals surface area contributed by atoms with Crippen molar-refractivity contribution < 1.29 is 13.2 Å². The first kappa shape index (κ1) is 25.4. The molecule has 5 aromatic carbocycles. The summed E-state index contributed by atoms with van der Waals surface area (Å²) in [5.74, 6) is -0.610. The summed E-state index contributed by atoms with van der Waals surface area (Å²) >= 11 is 6.35. The van der Waals surface area contributed by atoms with Crippen LogP contribution >= 0.6 is 11.6 Å². The SMILES string of the molecule is Cc1ccc(S(=O)(=O)N(CC(=O)N/N=C\c2c3ccccc3cc3ccccc23)c2ccccc2Cl)cc1. The van der Waals surface area contributed by atoms with Crippen LogP contribution in [0, 0.1) is 6.92 Å². The van der Waals surface area contributed by atoms with Crippen LogP contribution in [0.3, 0.4) is 0 Å². The van der Waals surface area contributed by atoms with Gasteiger partial charge in [0.25, 0.3) is 15.9 Å². The standard InChI is InChI=1S/C30H24ClN3O3S/c1-21-14-16-24(17-15-21)38(36,37)34(29-13-7-6-12-28(29)31)20-30(35)33-32-19-27-25-10-4-2-8-22(25)18-23-9-3-5-11-26(23)27/h2-19H,20H2,1H3,(H,33,35)/b32-19-. The molecule has 0 aliphatic heterocycles. The summed E-state index contributed by atoms with van der Waals surface area (Å²) < 4.78 is 28.1. The van der Waals surface area contributed by atoms with E-state index in [2.05, 4.69) is 16.6 Å². The molecule has 6 nitrogen and oxygen atoms in total. The van der Waals surface area contributed by atoms with Gasteiger partial charge in [-0.05, 0) is 58.8 Å². The van der Waals surface area contributed by atoms with Gasteiger partial charge in [0.1, 0.15) is 6.54 Å². The molecule has 0 fully saturated rings. The summed E-state index contributed by atoms with van der Waals surface area (Å²) in [6.07, 6.45) is 1.59. The number of hydrogen-bond acceptors (Lipinski definition) is 4. The Balaban J connectivity index is 1.45. The summed E-state index contributed by atoms with van der Waals surface area (Å²) in [6.45, 7) is 1.36. The molecule has 1 amide bonds. The lowest BCUT2D eigenvalue weighted by Crippen LogP contribution is -2.39. The molecule has 0 saturated carbocycles. The number of carbonyl (C=O) groups excluding carboxylic acids is 1. The van der Waals surface area contributed by atoms with Crippen molar-refractivity contribution >= 4 is 61.0 Å². The van der Waals surface area contributed by atoms with E-state index in [0.717, 1.165) is 37.0 Å². The quantitative estimate of drug-likeness (QED) is 0.149. The summed E-state index contributed by atoms with van der Waals surface area (Å²) in [5, 5.41) is 8.49. The molecule has 0 aliphatic rings. The Morgan fingerprint density at radius 1 is 0.868 bits per heavy atom. The summed E-state index contributed by atoms with van der Waals surface area (Å²) in [7, 11) is -4.09. The fraction of sp³-hybridized carbons (Fsp3) is 0.0667. The van der Waals surface area contributed by atoms with Gasteiger partial charge in [-0.2, -0.15) is 5.10 Å². The predicted molar refractivity (Wildman–Crippen MR) is 154 cm³/mol. The molecule has 0 heterocycles. The molecular weight excluding hydrogens is 518 g/mol. The number of anilines is 1. The highest BCUT2D eigenvalue weighted by atomic mass is 35.5. The number of benzene rings is 5. The third-order valence-electron chi connectivity index (χ3n) is 6.21. The molecule has 5 aromatic rings. The Kier molecular flexibility index (Phi) is 7.13. The van der Waals surface area contributed by atoms with E-state index in [4.69, 9.17) is 11.6 Å². The van der Waals surface area contributed by atoms with E-state index in [0.29, 0.717) is 0 Å². The average Bonchev–Trinajstić information content (AvgIpc) is 2.92. The van der Waals surface area contributed by atoms with E-state index in [1.54, 1.807) is 42.6 Å². The minimum atomic E-state index is -4.09. The number of sulfonamides is 1. The molecule has 0 atom stereocenters. The average molecular weight is 542 g/mol. The smallest absolute Gasteiger partial charge is 0.264 e. The van der Waals surface area contributed by atoms with Crippen molar-refractivity contribution in [3.05, 3.63) is 119 Å². The Labute approximate surface area is 226 Å². The van der Waals surface area contributed by atoms with Gasteiger partial charge in [0.05, 0.1) is 21.8 Å². The zero-order valence-electron chi connectivity index (χ0n) is 20.5. The summed E-state index contributed by atoms with van der Waals surface area (Å²) in [5.41, 5.74) is 4.47. The molecule has 0 saturated heterocycles. The molecule has 5 rings (SSSR count). The number of nitrogens with one attached hydrogen (secondary N) is 1. The highest BCUT2D eigenvalue weighted by Gasteiger charge is 2.28. The molecule has 0 spiro atoms. The van der Waals surface area contributed by atoms with Crippen molar-refractivity contribution in [3.8, 4) is 0 Å². The molecule has 38 heavy (non-hydrogen) atoms. The lowest BCUT2D eigenvalue weighted by Gasteiger charge is -2.24. The minimum Gasteiger partial charge on any atom is -0.271 e. The first-order valence-electron chi connectivity index (χ1n) is 11.9. The molecule has 0 bridgehead atoms. The van der Waals surface area contributed by atoms with Crippen molar-refractivity contribution in [1.82, 2.24) is 5.43 Å². The van der Waals surface area contributed by atoms with E-state index < -0.39 is 22.5 Å². The zero-order valence-corrected chi connectivity index (χ0v) is 22.1. The Hall–Kier alpha value is -4.20. The van der Waals surface area contributed by atoms with Gasteiger partial charge < -0.3 is 0 Å². The lowest BCUT2D eigenvalue weighted by molar-refractivity contribution is -0.119. The minimum absolute atomic E-state index is 0.0570. The van der Waals surface area contributed by atoms with E-state index in [1.165, 1.54) is 12.1 Å². The van der Waals surface area contributed by atoms with Crippen LogP contribution in [0.15, 0.2) is 113 Å². The normalized spacial score (nSPS) is 11.7. The van der Waals surface area contributed by atoms with Crippen LogP contribution < -0.4 is 9.73 Å². The van der Waals surface area contributed by atoms with Gasteiger partial charge in [0.2, 0.25) is 0 Å². The molecule has 0 radical (unpaired) electrons. The molecule has 190 valence electrons. The largest absolute Gasteiger partial charge is 0.271 e. The molecule has 0 aliphatic carbocycles. The Morgan fingerprint density at radius 3 is 2.08 bits per heavy atom. The number of aryl methyl sites for hydroxylation is 1. The molecule has 0 aromatic heterocycles. The van der Waals surface area contributed by atoms with E-state index in [9.17, 15) is 13.2 Å². The third kappa shape index (κ3) is 5.11. The number of halogens is 1. The first-order valence-corrected chi connectivity index (χ1v) is 13.7. The second kappa shape index (κ2) is 10.7. The number of carbonyl (C=O) groups is 1. The Bertz CT molecular complexity index is 1730. The van der Waals surface area contributed by atoms with E-state index >= 15 is 0 Å². The summed E-state index contributed by atoms with van der Waals surface area (Å²) in [6, 6.07) is 30.9. The van der Waals surface area contributed by atoms with Gasteiger partial charge in [-0.3, -0.25) is 9.10 Å². The maximum absolute atomic E-state index is 13.6. The van der Waals surface area contributed by atoms with Crippen LogP contribution in [-0.4, -0.2) is 27.1 Å². The van der Waals surface area contributed by atoms with Crippen molar-refractivity contribution in [3.63, 3.8) is 0 Å². The third-order valence-corrected chi connectivity index (χ3v) is 8.31. The summed E-state index contributed by atoms with van der Waals surface area (Å²) in [4.78, 5) is 13.1. The maximum atomic E-state index is 13.6. The monoisotopic (exact) mass is 541 g/mol. The number of hydrogen-bond donors (Lipinski definition) is 1. The van der Waals surface area contributed by atoms with Gasteiger partial charge >= 0.3 is 0 Å². The van der Waals surface area contributed by atoms with Crippen LogP contribution in [0.25, 0.3) is 21.5 Å². The van der Waals surface area contributed by atoms with Gasteiger partial charge in [0, 0.05) is 5.56 Å². The van der Waals surface area contributed by atoms with Crippen molar-refractivity contribution in [2.75, 3.05) is 10.8 Å². The van der Waals surface area contributed by atoms with Crippen molar-refractivity contribution in [2.24, 2.45) is 5.10 Å². The fourth-order valence-corrected chi connectivity index (χ4v) is 6.04. The van der Waals surface area contributed by atoms with Crippen LogP contribution in [0.4, 0.5) is 5.69 Å². The first-order chi connectivity index (χ1) is 18.3. The molecule has 0 unspecified atom stereocenters. The van der Waals surface area contributed by atoms with Gasteiger partial charge in [-0.25, -0.2) is 13.8 Å². The van der Waals surface area contributed by atoms with Crippen LogP contribution in [0.5, 0.6) is 0 Å². The number of amides is 1. The molecule has 8 heteroatoms.